The third-order valence-corrected chi connectivity index (χ3v) is 4.74. The van der Waals surface area contributed by atoms with E-state index in [1.165, 1.54) is 18.5 Å². The number of nitrogens with one attached hydrogen (secondary N) is 1. The van der Waals surface area contributed by atoms with Crippen molar-refractivity contribution in [3.63, 3.8) is 0 Å². The van der Waals surface area contributed by atoms with E-state index in [9.17, 15) is 23.1 Å². The van der Waals surface area contributed by atoms with E-state index in [0.717, 1.165) is 0 Å². The highest BCUT2D eigenvalue weighted by atomic mass is 35.5. The summed E-state index contributed by atoms with van der Waals surface area (Å²) < 4.78 is 38.5. The Morgan fingerprint density at radius 3 is 2.67 bits per heavy atom. The summed E-state index contributed by atoms with van der Waals surface area (Å²) in [6.07, 6.45) is -4.69. The summed E-state index contributed by atoms with van der Waals surface area (Å²) in [6.45, 7) is 2.37. The Hall–Kier alpha value is -2.17. The fraction of sp³-hybridized carbons (Fsp3) is 0.438. The summed E-state index contributed by atoms with van der Waals surface area (Å²) in [5.74, 6) is 0. The maximum absolute atomic E-state index is 12.8. The topological polar surface area (TPSA) is 85.4 Å². The van der Waals surface area contributed by atoms with Crippen LogP contribution in [0.3, 0.4) is 0 Å². The number of hydrogen-bond acceptors (Lipinski definition) is 6. The number of pyridine rings is 1. The van der Waals surface area contributed by atoms with E-state index in [2.05, 4.69) is 15.2 Å². The summed E-state index contributed by atoms with van der Waals surface area (Å²) in [5.41, 5.74) is -0.00624. The van der Waals surface area contributed by atoms with E-state index in [1.54, 1.807) is 6.07 Å². The van der Waals surface area contributed by atoms with Crippen LogP contribution in [-0.2, 0) is 6.54 Å². The van der Waals surface area contributed by atoms with Crippen LogP contribution in [0.15, 0.2) is 29.3 Å². The molecular weight excluding hydrogens is 387 g/mol. The minimum Gasteiger partial charge on any atom is -0.378 e. The van der Waals surface area contributed by atoms with Gasteiger partial charge in [0.25, 0.3) is 5.56 Å². The first-order valence-corrected chi connectivity index (χ1v) is 8.54. The number of anilines is 1. The number of aliphatic hydroxyl groups excluding tert-OH is 1. The van der Waals surface area contributed by atoms with Crippen molar-refractivity contribution in [2.24, 2.45) is 0 Å². The highest BCUT2D eigenvalue weighted by molar-refractivity contribution is 6.32. The van der Waals surface area contributed by atoms with Crippen molar-refractivity contribution in [3.05, 3.63) is 51.2 Å². The van der Waals surface area contributed by atoms with Crippen LogP contribution in [0, 0.1) is 0 Å². The molecule has 0 unspecified atom stereocenters. The van der Waals surface area contributed by atoms with Gasteiger partial charge in [-0.15, -0.1) is 0 Å². The average Bonchev–Trinajstić information content (AvgIpc) is 2.64. The molecule has 0 amide bonds. The second-order valence-corrected chi connectivity index (χ2v) is 6.53. The van der Waals surface area contributed by atoms with Gasteiger partial charge in [0.1, 0.15) is 5.02 Å². The van der Waals surface area contributed by atoms with Crippen molar-refractivity contribution in [1.29, 1.82) is 0 Å². The van der Waals surface area contributed by atoms with Crippen LogP contribution in [0.5, 0.6) is 0 Å². The number of halogens is 4. The van der Waals surface area contributed by atoms with Gasteiger partial charge in [-0.25, -0.2) is 5.10 Å². The molecule has 0 spiro atoms. The highest BCUT2D eigenvalue weighted by Gasteiger charge is 2.41. The Morgan fingerprint density at radius 1 is 1.30 bits per heavy atom. The molecule has 3 rings (SSSR count). The lowest BCUT2D eigenvalue weighted by atomic mass is 10.1. The zero-order valence-corrected chi connectivity index (χ0v) is 14.8. The van der Waals surface area contributed by atoms with Gasteiger partial charge < -0.3 is 10.0 Å². The van der Waals surface area contributed by atoms with Crippen molar-refractivity contribution in [2.45, 2.75) is 18.8 Å². The predicted molar refractivity (Wildman–Crippen MR) is 92.6 cm³/mol. The molecule has 7 nitrogen and oxygen atoms in total. The summed E-state index contributed by atoms with van der Waals surface area (Å²) in [4.78, 5) is 19.1. The molecule has 1 atom stereocenters. The fourth-order valence-corrected chi connectivity index (χ4v) is 3.18. The van der Waals surface area contributed by atoms with Gasteiger partial charge in [0.2, 0.25) is 0 Å². The molecule has 146 valence electrons. The van der Waals surface area contributed by atoms with Crippen LogP contribution in [0.1, 0.15) is 17.4 Å². The van der Waals surface area contributed by atoms with Crippen LogP contribution >= 0.6 is 11.6 Å². The van der Waals surface area contributed by atoms with Gasteiger partial charge in [-0.05, 0) is 11.6 Å². The molecule has 3 heterocycles. The van der Waals surface area contributed by atoms with Crippen molar-refractivity contribution < 1.29 is 18.3 Å². The molecular formula is C16H17ClF3N5O2. The predicted octanol–water partition coefficient (Wildman–Crippen LogP) is 1.74. The van der Waals surface area contributed by atoms with Gasteiger partial charge in [0.15, 0.2) is 6.10 Å². The number of H-pyrrole nitrogens is 1. The monoisotopic (exact) mass is 403 g/mol. The second-order valence-electron chi connectivity index (χ2n) is 6.15. The van der Waals surface area contributed by atoms with Crippen LogP contribution in [0.4, 0.5) is 18.9 Å². The molecule has 2 aromatic rings. The second kappa shape index (κ2) is 7.83. The lowest BCUT2D eigenvalue weighted by Gasteiger charge is -2.36. The Morgan fingerprint density at radius 2 is 2.00 bits per heavy atom. The minimum atomic E-state index is -4.77. The Kier molecular flexibility index (Phi) is 5.68. The molecule has 0 aliphatic carbocycles. The van der Waals surface area contributed by atoms with Gasteiger partial charge in [-0.2, -0.15) is 18.3 Å². The number of hydrogen-bond donors (Lipinski definition) is 2. The number of aromatic nitrogens is 3. The van der Waals surface area contributed by atoms with Gasteiger partial charge in [-0.3, -0.25) is 14.7 Å². The number of aliphatic hydroxyl groups is 1. The quantitative estimate of drug-likeness (QED) is 0.809. The van der Waals surface area contributed by atoms with E-state index in [1.807, 2.05) is 9.80 Å². The van der Waals surface area contributed by atoms with E-state index >= 15 is 0 Å². The van der Waals surface area contributed by atoms with Crippen molar-refractivity contribution in [2.75, 3.05) is 31.1 Å². The van der Waals surface area contributed by atoms with Crippen LogP contribution < -0.4 is 10.5 Å². The number of nitrogens with zero attached hydrogens (tertiary/aromatic N) is 4. The Labute approximate surface area is 157 Å². The van der Waals surface area contributed by atoms with Gasteiger partial charge in [0.05, 0.1) is 17.6 Å². The fourth-order valence-electron chi connectivity index (χ4n) is 2.97. The standard InChI is InChI=1S/C16H17ClF3N5O2/c17-12-11(8-22-23-15(12)27)25-6-4-24(5-7-25)9-10-2-1-3-21-13(10)14(26)16(18,19)20/h1-3,8,14,26H,4-7,9H2,(H,23,27)/t14-/m1/s1. The molecule has 0 bridgehead atoms. The number of rotatable bonds is 4. The lowest BCUT2D eigenvalue weighted by Crippen LogP contribution is -2.46. The van der Waals surface area contributed by atoms with Crippen LogP contribution in [0.25, 0.3) is 0 Å². The maximum Gasteiger partial charge on any atom is 0.420 e. The third kappa shape index (κ3) is 4.40. The van der Waals surface area contributed by atoms with Gasteiger partial charge in [0, 0.05) is 38.9 Å². The third-order valence-electron chi connectivity index (χ3n) is 4.38. The molecule has 0 saturated carbocycles. The summed E-state index contributed by atoms with van der Waals surface area (Å²) in [5, 5.41) is 15.6. The minimum absolute atomic E-state index is 0.0568. The van der Waals surface area contributed by atoms with Crippen molar-refractivity contribution in [3.8, 4) is 0 Å². The first kappa shape index (κ1) is 19.6. The smallest absolute Gasteiger partial charge is 0.378 e. The first-order chi connectivity index (χ1) is 12.8. The number of alkyl halides is 3. The molecule has 2 N–H and O–H groups in total. The molecule has 2 aromatic heterocycles. The van der Waals surface area contributed by atoms with Crippen molar-refractivity contribution in [1.82, 2.24) is 20.1 Å². The van der Waals surface area contributed by atoms with Crippen molar-refractivity contribution >= 4 is 17.3 Å². The van der Waals surface area contributed by atoms with E-state index in [4.69, 9.17) is 11.6 Å². The summed E-state index contributed by atoms with van der Waals surface area (Å²) in [7, 11) is 0. The molecule has 1 saturated heterocycles. The Balaban J connectivity index is 1.68. The highest BCUT2D eigenvalue weighted by Crippen LogP contribution is 2.33. The zero-order chi connectivity index (χ0) is 19.6. The van der Waals surface area contributed by atoms with E-state index in [0.29, 0.717) is 37.4 Å². The zero-order valence-electron chi connectivity index (χ0n) is 14.1. The van der Waals surface area contributed by atoms with E-state index in [-0.39, 0.29) is 17.3 Å². The molecule has 1 aliphatic heterocycles. The normalized spacial score (nSPS) is 17.1. The SMILES string of the molecule is O=c1[nH]ncc(N2CCN(Cc3cccnc3[C@@H](O)C(F)(F)F)CC2)c1Cl. The van der Waals surface area contributed by atoms with Gasteiger partial charge in [-0.1, -0.05) is 17.7 Å². The summed E-state index contributed by atoms with van der Waals surface area (Å²) >= 11 is 6.01. The number of aromatic amines is 1. The summed E-state index contributed by atoms with van der Waals surface area (Å²) in [6, 6.07) is 3.07. The number of piperazine rings is 1. The molecule has 1 fully saturated rings. The van der Waals surface area contributed by atoms with E-state index < -0.39 is 17.8 Å². The first-order valence-electron chi connectivity index (χ1n) is 8.16. The maximum atomic E-state index is 12.8. The molecule has 0 aromatic carbocycles. The van der Waals surface area contributed by atoms with Gasteiger partial charge >= 0.3 is 6.18 Å². The lowest BCUT2D eigenvalue weighted by molar-refractivity contribution is -0.208. The van der Waals surface area contributed by atoms with Crippen LogP contribution in [-0.4, -0.2) is 57.5 Å². The molecule has 11 heteroatoms. The molecule has 0 radical (unpaired) electrons. The molecule has 27 heavy (non-hydrogen) atoms. The average molecular weight is 404 g/mol. The molecule has 1 aliphatic rings. The largest absolute Gasteiger partial charge is 0.420 e. The van der Waals surface area contributed by atoms with Crippen LogP contribution in [0.2, 0.25) is 5.02 Å². The Bertz CT molecular complexity index is 852.